The highest BCUT2D eigenvalue weighted by Crippen LogP contribution is 2.23. The van der Waals surface area contributed by atoms with Gasteiger partial charge in [0.1, 0.15) is 6.04 Å². The fourth-order valence-corrected chi connectivity index (χ4v) is 2.30. The third-order valence-corrected chi connectivity index (χ3v) is 3.75. The molecule has 1 N–H and O–H groups in total. The van der Waals surface area contributed by atoms with Gasteiger partial charge in [-0.15, -0.1) is 0 Å². The molecule has 0 saturated carbocycles. The molecule has 1 atom stereocenters. The lowest BCUT2D eigenvalue weighted by atomic mass is 9.86. The zero-order valence-corrected chi connectivity index (χ0v) is 12.6. The lowest BCUT2D eigenvalue weighted by Crippen LogP contribution is -2.56. The summed E-state index contributed by atoms with van der Waals surface area (Å²) in [5, 5.41) is 2.60. The molecule has 0 aliphatic carbocycles. The maximum Gasteiger partial charge on any atom is 0.242 e. The number of hydrogen-bond donors (Lipinski definition) is 1. The zero-order chi connectivity index (χ0) is 14.9. The summed E-state index contributed by atoms with van der Waals surface area (Å²) in [4.78, 5) is 25.1. The van der Waals surface area contributed by atoms with Gasteiger partial charge < -0.3 is 10.2 Å². The van der Waals surface area contributed by atoms with Gasteiger partial charge in [-0.25, -0.2) is 0 Å². The van der Waals surface area contributed by atoms with Crippen LogP contribution in [0.5, 0.6) is 0 Å². The van der Waals surface area contributed by atoms with E-state index in [9.17, 15) is 9.59 Å². The molecule has 1 fully saturated rings. The molecule has 1 unspecified atom stereocenters. The summed E-state index contributed by atoms with van der Waals surface area (Å²) in [6.45, 7) is 8.85. The summed E-state index contributed by atoms with van der Waals surface area (Å²) in [6, 6.07) is 7.85. The average molecular weight is 274 g/mol. The maximum absolute atomic E-state index is 11.9. The van der Waals surface area contributed by atoms with Gasteiger partial charge in [-0.1, -0.05) is 45.0 Å². The van der Waals surface area contributed by atoms with Crippen molar-refractivity contribution >= 4 is 11.8 Å². The Hall–Kier alpha value is -1.84. The van der Waals surface area contributed by atoms with Crippen LogP contribution < -0.4 is 5.32 Å². The standard InChI is InChI=1S/C16H22N2O2/c1-11-15(20)17-9-14(19)18(11)10-12-5-7-13(8-6-12)16(2,3)4/h5-8,11H,9-10H2,1-4H3,(H,17,20). The summed E-state index contributed by atoms with van der Waals surface area (Å²) in [7, 11) is 0. The quantitative estimate of drug-likeness (QED) is 0.894. The van der Waals surface area contributed by atoms with E-state index in [1.54, 1.807) is 11.8 Å². The van der Waals surface area contributed by atoms with Gasteiger partial charge >= 0.3 is 0 Å². The van der Waals surface area contributed by atoms with Gasteiger partial charge in [-0.2, -0.15) is 0 Å². The van der Waals surface area contributed by atoms with Crippen LogP contribution in [0.2, 0.25) is 0 Å². The van der Waals surface area contributed by atoms with Gasteiger partial charge in [-0.05, 0) is 23.5 Å². The normalized spacial score (nSPS) is 20.0. The molecule has 0 aromatic heterocycles. The van der Waals surface area contributed by atoms with Crippen molar-refractivity contribution < 1.29 is 9.59 Å². The molecule has 1 aliphatic heterocycles. The van der Waals surface area contributed by atoms with E-state index in [2.05, 4.69) is 38.2 Å². The molecule has 0 bridgehead atoms. The Kier molecular flexibility index (Phi) is 3.84. The first kappa shape index (κ1) is 14.6. The van der Waals surface area contributed by atoms with Gasteiger partial charge in [0.05, 0.1) is 6.54 Å². The van der Waals surface area contributed by atoms with E-state index in [-0.39, 0.29) is 23.8 Å². The Bertz CT molecular complexity index is 514. The second-order valence-electron chi connectivity index (χ2n) is 6.36. The molecule has 1 aromatic rings. The van der Waals surface area contributed by atoms with Gasteiger partial charge in [0.15, 0.2) is 0 Å². The van der Waals surface area contributed by atoms with E-state index in [4.69, 9.17) is 0 Å². The van der Waals surface area contributed by atoms with E-state index in [0.717, 1.165) is 5.56 Å². The highest BCUT2D eigenvalue weighted by atomic mass is 16.2. The van der Waals surface area contributed by atoms with Crippen molar-refractivity contribution in [1.82, 2.24) is 10.2 Å². The summed E-state index contributed by atoms with van der Waals surface area (Å²) in [5.41, 5.74) is 2.43. The Balaban J connectivity index is 2.13. The van der Waals surface area contributed by atoms with E-state index in [0.29, 0.717) is 6.54 Å². The number of rotatable bonds is 2. The van der Waals surface area contributed by atoms with E-state index < -0.39 is 6.04 Å². The molecule has 4 heteroatoms. The summed E-state index contributed by atoms with van der Waals surface area (Å²) >= 11 is 0. The average Bonchev–Trinajstić information content (AvgIpc) is 2.39. The summed E-state index contributed by atoms with van der Waals surface area (Å²) in [5.74, 6) is -0.118. The molecule has 108 valence electrons. The third-order valence-electron chi connectivity index (χ3n) is 3.75. The molecule has 1 aromatic carbocycles. The molecule has 2 amide bonds. The van der Waals surface area contributed by atoms with Crippen LogP contribution in [0.25, 0.3) is 0 Å². The van der Waals surface area contributed by atoms with Crippen molar-refractivity contribution in [1.29, 1.82) is 0 Å². The molecule has 0 radical (unpaired) electrons. The Labute approximate surface area is 120 Å². The van der Waals surface area contributed by atoms with Gasteiger partial charge in [0.25, 0.3) is 0 Å². The van der Waals surface area contributed by atoms with Crippen LogP contribution in [-0.4, -0.2) is 29.3 Å². The number of hydrogen-bond acceptors (Lipinski definition) is 2. The smallest absolute Gasteiger partial charge is 0.242 e. The number of amides is 2. The topological polar surface area (TPSA) is 49.4 Å². The minimum Gasteiger partial charge on any atom is -0.345 e. The zero-order valence-electron chi connectivity index (χ0n) is 12.6. The first-order valence-electron chi connectivity index (χ1n) is 6.95. The van der Waals surface area contributed by atoms with Crippen LogP contribution in [-0.2, 0) is 21.5 Å². The molecule has 0 spiro atoms. The van der Waals surface area contributed by atoms with E-state index >= 15 is 0 Å². The first-order valence-corrected chi connectivity index (χ1v) is 6.95. The van der Waals surface area contributed by atoms with Crippen LogP contribution in [0, 0.1) is 0 Å². The molecular formula is C16H22N2O2. The van der Waals surface area contributed by atoms with Crippen molar-refractivity contribution in [2.45, 2.75) is 45.7 Å². The van der Waals surface area contributed by atoms with Crippen molar-refractivity contribution in [3.05, 3.63) is 35.4 Å². The van der Waals surface area contributed by atoms with Crippen molar-refractivity contribution in [3.63, 3.8) is 0 Å². The van der Waals surface area contributed by atoms with Crippen LogP contribution in [0.1, 0.15) is 38.8 Å². The molecule has 20 heavy (non-hydrogen) atoms. The Morgan fingerprint density at radius 1 is 1.20 bits per heavy atom. The van der Waals surface area contributed by atoms with Crippen LogP contribution >= 0.6 is 0 Å². The lowest BCUT2D eigenvalue weighted by molar-refractivity contribution is -0.145. The van der Waals surface area contributed by atoms with Crippen molar-refractivity contribution in [3.8, 4) is 0 Å². The second-order valence-corrected chi connectivity index (χ2v) is 6.36. The molecule has 1 saturated heterocycles. The number of piperazine rings is 1. The highest BCUT2D eigenvalue weighted by molar-refractivity contribution is 5.94. The minimum atomic E-state index is -0.404. The van der Waals surface area contributed by atoms with Crippen LogP contribution in [0.3, 0.4) is 0 Å². The molecule has 1 aliphatic rings. The number of benzene rings is 1. The fourth-order valence-electron chi connectivity index (χ4n) is 2.30. The van der Waals surface area contributed by atoms with Crippen LogP contribution in [0.4, 0.5) is 0 Å². The third kappa shape index (κ3) is 3.00. The lowest BCUT2D eigenvalue weighted by Gasteiger charge is -2.32. The van der Waals surface area contributed by atoms with Crippen LogP contribution in [0.15, 0.2) is 24.3 Å². The number of carbonyl (C=O) groups excluding carboxylic acids is 2. The van der Waals surface area contributed by atoms with Gasteiger partial charge in [-0.3, -0.25) is 9.59 Å². The number of carbonyl (C=O) groups is 2. The Morgan fingerprint density at radius 2 is 1.80 bits per heavy atom. The maximum atomic E-state index is 11.9. The number of nitrogens with one attached hydrogen (secondary N) is 1. The predicted molar refractivity (Wildman–Crippen MR) is 78.2 cm³/mol. The van der Waals surface area contributed by atoms with E-state index in [1.165, 1.54) is 5.56 Å². The van der Waals surface area contributed by atoms with Crippen molar-refractivity contribution in [2.75, 3.05) is 6.54 Å². The first-order chi connectivity index (χ1) is 9.29. The fraction of sp³-hybridized carbons (Fsp3) is 0.500. The Morgan fingerprint density at radius 3 is 2.35 bits per heavy atom. The largest absolute Gasteiger partial charge is 0.345 e. The van der Waals surface area contributed by atoms with E-state index in [1.807, 2.05) is 12.1 Å². The highest BCUT2D eigenvalue weighted by Gasteiger charge is 2.30. The molecular weight excluding hydrogens is 252 g/mol. The minimum absolute atomic E-state index is 0.0306. The summed E-state index contributed by atoms with van der Waals surface area (Å²) < 4.78 is 0. The molecule has 2 rings (SSSR count). The predicted octanol–water partition coefficient (Wildman–Crippen LogP) is 1.83. The second kappa shape index (κ2) is 5.27. The molecule has 1 heterocycles. The number of nitrogens with zero attached hydrogens (tertiary/aromatic N) is 1. The molecule has 4 nitrogen and oxygen atoms in total. The monoisotopic (exact) mass is 274 g/mol. The summed E-state index contributed by atoms with van der Waals surface area (Å²) in [6.07, 6.45) is 0. The van der Waals surface area contributed by atoms with Crippen molar-refractivity contribution in [2.24, 2.45) is 0 Å². The van der Waals surface area contributed by atoms with Gasteiger partial charge in [0, 0.05) is 6.54 Å². The van der Waals surface area contributed by atoms with Gasteiger partial charge in [0.2, 0.25) is 11.8 Å². The SMILES string of the molecule is CC1C(=O)NCC(=O)N1Cc1ccc(C(C)(C)C)cc1.